The van der Waals surface area contributed by atoms with Gasteiger partial charge in [0, 0.05) is 12.1 Å². The fourth-order valence-corrected chi connectivity index (χ4v) is 2.70. The number of benzene rings is 1. The van der Waals surface area contributed by atoms with E-state index < -0.39 is 10.0 Å². The van der Waals surface area contributed by atoms with Crippen LogP contribution < -0.4 is 14.4 Å². The Balaban J connectivity index is 2.99. The summed E-state index contributed by atoms with van der Waals surface area (Å²) in [6, 6.07) is 6.70. The largest absolute Gasteiger partial charge is 0.494 e. The lowest BCUT2D eigenvalue weighted by atomic mass is 10.2. The maximum atomic E-state index is 12.0. The predicted octanol–water partition coefficient (Wildman–Crippen LogP) is 1.77. The van der Waals surface area contributed by atoms with Crippen LogP contribution in [0, 0.1) is 0 Å². The molecule has 1 rings (SSSR count). The molecule has 0 aliphatic rings. The summed E-state index contributed by atoms with van der Waals surface area (Å²) in [7, 11) is -3.57. The molecule has 0 radical (unpaired) electrons. The number of ether oxygens (including phenoxy) is 1. The number of nitrogens with one attached hydrogen (secondary N) is 1. The zero-order valence-corrected chi connectivity index (χ0v) is 14.3. The van der Waals surface area contributed by atoms with Gasteiger partial charge in [-0.2, -0.15) is 0 Å². The van der Waals surface area contributed by atoms with Crippen molar-refractivity contribution in [3.05, 3.63) is 24.3 Å². The molecular weight excluding hydrogens is 304 g/mol. The summed E-state index contributed by atoms with van der Waals surface area (Å²) >= 11 is 0. The summed E-state index contributed by atoms with van der Waals surface area (Å²) in [6.07, 6.45) is 1.86. The Hall–Kier alpha value is -1.76. The van der Waals surface area contributed by atoms with E-state index in [1.165, 1.54) is 0 Å². The van der Waals surface area contributed by atoms with E-state index in [1.54, 1.807) is 24.3 Å². The minimum absolute atomic E-state index is 0.00340. The van der Waals surface area contributed by atoms with Gasteiger partial charge in [0.25, 0.3) is 0 Å². The number of hydrogen-bond donors (Lipinski definition) is 1. The van der Waals surface area contributed by atoms with Crippen molar-refractivity contribution in [2.45, 2.75) is 33.2 Å². The Morgan fingerprint density at radius 2 is 2.05 bits per heavy atom. The highest BCUT2D eigenvalue weighted by Crippen LogP contribution is 2.23. The van der Waals surface area contributed by atoms with E-state index in [0.717, 1.165) is 17.0 Å². The van der Waals surface area contributed by atoms with Crippen LogP contribution in [0.25, 0.3) is 0 Å². The third kappa shape index (κ3) is 5.55. The molecule has 1 aromatic rings. The third-order valence-electron chi connectivity index (χ3n) is 3.12. The molecule has 1 aromatic carbocycles. The maximum Gasteiger partial charge on any atom is 0.240 e. The smallest absolute Gasteiger partial charge is 0.240 e. The standard InChI is InChI=1S/C15H24N2O4S/c1-5-12(3)16-15(18)11-17(22(4,19)20)13-8-7-9-14(10-13)21-6-2/h7-10,12H,5-6,11H2,1-4H3,(H,16,18). The van der Waals surface area contributed by atoms with Crippen molar-refractivity contribution in [1.29, 1.82) is 0 Å². The fraction of sp³-hybridized carbons (Fsp3) is 0.533. The quantitative estimate of drug-likeness (QED) is 0.789. The molecule has 0 aliphatic carbocycles. The third-order valence-corrected chi connectivity index (χ3v) is 4.26. The molecule has 0 fully saturated rings. The van der Waals surface area contributed by atoms with E-state index in [2.05, 4.69) is 5.32 Å². The topological polar surface area (TPSA) is 75.7 Å². The minimum atomic E-state index is -3.57. The molecule has 1 N–H and O–H groups in total. The van der Waals surface area contributed by atoms with Crippen molar-refractivity contribution in [2.24, 2.45) is 0 Å². The Labute approximate surface area is 132 Å². The molecule has 22 heavy (non-hydrogen) atoms. The summed E-state index contributed by atoms with van der Waals surface area (Å²) in [5.41, 5.74) is 0.410. The van der Waals surface area contributed by atoms with Crippen LogP contribution in [0.2, 0.25) is 0 Å². The van der Waals surface area contributed by atoms with E-state index in [-0.39, 0.29) is 18.5 Å². The van der Waals surface area contributed by atoms with Crippen LogP contribution in [0.4, 0.5) is 5.69 Å². The van der Waals surface area contributed by atoms with Gasteiger partial charge in [0.05, 0.1) is 18.6 Å². The fourth-order valence-electron chi connectivity index (χ4n) is 1.85. The van der Waals surface area contributed by atoms with Gasteiger partial charge >= 0.3 is 0 Å². The summed E-state index contributed by atoms with van der Waals surface area (Å²) in [6.45, 7) is 5.90. The van der Waals surface area contributed by atoms with Gasteiger partial charge in [-0.05, 0) is 32.4 Å². The van der Waals surface area contributed by atoms with E-state index >= 15 is 0 Å². The molecule has 0 saturated heterocycles. The number of anilines is 1. The molecule has 0 aromatic heterocycles. The van der Waals surface area contributed by atoms with Gasteiger partial charge in [-0.15, -0.1) is 0 Å². The first-order chi connectivity index (χ1) is 10.3. The highest BCUT2D eigenvalue weighted by atomic mass is 32.2. The van der Waals surface area contributed by atoms with Gasteiger partial charge in [-0.3, -0.25) is 9.10 Å². The highest BCUT2D eigenvalue weighted by Gasteiger charge is 2.21. The van der Waals surface area contributed by atoms with Gasteiger partial charge in [0.1, 0.15) is 12.3 Å². The molecular formula is C15H24N2O4S. The summed E-state index contributed by atoms with van der Waals surface area (Å²) in [5, 5.41) is 2.77. The van der Waals surface area contributed by atoms with E-state index in [9.17, 15) is 13.2 Å². The van der Waals surface area contributed by atoms with E-state index in [0.29, 0.717) is 18.0 Å². The first-order valence-corrected chi connectivity index (χ1v) is 9.12. The summed E-state index contributed by atoms with van der Waals surface area (Å²) in [5.74, 6) is 0.234. The molecule has 1 atom stereocenters. The lowest BCUT2D eigenvalue weighted by Gasteiger charge is -2.23. The van der Waals surface area contributed by atoms with Crippen LogP contribution in [-0.4, -0.2) is 39.8 Å². The average molecular weight is 328 g/mol. The SMILES string of the molecule is CCOc1cccc(N(CC(=O)NC(C)CC)S(C)(=O)=O)c1. The molecule has 0 bridgehead atoms. The molecule has 7 heteroatoms. The van der Waals surface area contributed by atoms with Crippen molar-refractivity contribution in [3.63, 3.8) is 0 Å². The molecule has 6 nitrogen and oxygen atoms in total. The van der Waals surface area contributed by atoms with Crippen molar-refractivity contribution in [3.8, 4) is 5.75 Å². The number of sulfonamides is 1. The van der Waals surface area contributed by atoms with Crippen LogP contribution in [-0.2, 0) is 14.8 Å². The number of carbonyl (C=O) groups is 1. The lowest BCUT2D eigenvalue weighted by Crippen LogP contribution is -2.43. The van der Waals surface area contributed by atoms with E-state index in [1.807, 2.05) is 20.8 Å². The molecule has 1 unspecified atom stereocenters. The van der Waals surface area contributed by atoms with Gasteiger partial charge < -0.3 is 10.1 Å². The Bertz CT molecular complexity index is 601. The van der Waals surface area contributed by atoms with Crippen molar-refractivity contribution in [2.75, 3.05) is 23.7 Å². The molecule has 0 spiro atoms. The average Bonchev–Trinajstić information content (AvgIpc) is 2.44. The Morgan fingerprint density at radius 3 is 2.59 bits per heavy atom. The summed E-state index contributed by atoms with van der Waals surface area (Å²) in [4.78, 5) is 12.0. The van der Waals surface area contributed by atoms with Crippen LogP contribution in [0.15, 0.2) is 24.3 Å². The molecule has 1 amide bonds. The number of rotatable bonds is 8. The summed E-state index contributed by atoms with van der Waals surface area (Å²) < 4.78 is 30.4. The zero-order chi connectivity index (χ0) is 16.8. The Morgan fingerprint density at radius 1 is 1.36 bits per heavy atom. The van der Waals surface area contributed by atoms with Crippen LogP contribution in [0.3, 0.4) is 0 Å². The predicted molar refractivity (Wildman–Crippen MR) is 87.7 cm³/mol. The zero-order valence-electron chi connectivity index (χ0n) is 13.5. The Kier molecular flexibility index (Phi) is 6.67. The van der Waals surface area contributed by atoms with Gasteiger partial charge in [0.2, 0.25) is 15.9 Å². The highest BCUT2D eigenvalue weighted by molar-refractivity contribution is 7.92. The number of amides is 1. The van der Waals surface area contributed by atoms with Crippen LogP contribution in [0.1, 0.15) is 27.2 Å². The molecule has 124 valence electrons. The number of hydrogen-bond acceptors (Lipinski definition) is 4. The first kappa shape index (κ1) is 18.3. The van der Waals surface area contributed by atoms with Crippen LogP contribution in [0.5, 0.6) is 5.75 Å². The molecule has 0 aliphatic heterocycles. The second kappa shape index (κ2) is 8.03. The second-order valence-corrected chi connectivity index (χ2v) is 6.98. The van der Waals surface area contributed by atoms with Crippen molar-refractivity contribution < 1.29 is 17.9 Å². The van der Waals surface area contributed by atoms with Gasteiger partial charge in [0.15, 0.2) is 0 Å². The monoisotopic (exact) mass is 328 g/mol. The van der Waals surface area contributed by atoms with E-state index in [4.69, 9.17) is 4.74 Å². The number of nitrogens with zero attached hydrogens (tertiary/aromatic N) is 1. The van der Waals surface area contributed by atoms with Crippen LogP contribution >= 0.6 is 0 Å². The maximum absolute atomic E-state index is 12.0. The normalized spacial score (nSPS) is 12.5. The first-order valence-electron chi connectivity index (χ1n) is 7.27. The lowest BCUT2D eigenvalue weighted by molar-refractivity contribution is -0.120. The van der Waals surface area contributed by atoms with Gasteiger partial charge in [-0.1, -0.05) is 13.0 Å². The molecule has 0 saturated carbocycles. The van der Waals surface area contributed by atoms with Crippen molar-refractivity contribution >= 4 is 21.6 Å². The number of carbonyl (C=O) groups excluding carboxylic acids is 1. The molecule has 0 heterocycles. The van der Waals surface area contributed by atoms with Gasteiger partial charge in [-0.25, -0.2) is 8.42 Å². The second-order valence-electron chi connectivity index (χ2n) is 5.08. The van der Waals surface area contributed by atoms with Crippen molar-refractivity contribution in [1.82, 2.24) is 5.32 Å². The minimum Gasteiger partial charge on any atom is -0.494 e.